The predicted octanol–water partition coefficient (Wildman–Crippen LogP) is 3.22. The van der Waals surface area contributed by atoms with Crippen LogP contribution in [0.1, 0.15) is 11.1 Å². The molecule has 0 radical (unpaired) electrons. The number of nitro benzene ring substituents is 1. The van der Waals surface area contributed by atoms with Crippen LogP contribution in [0.4, 0.5) is 11.4 Å². The topological polar surface area (TPSA) is 79.6 Å². The molecule has 0 spiro atoms. The molecular weight excluding hydrogens is 300 g/mol. The average Bonchev–Trinajstić information content (AvgIpc) is 2.49. The predicted molar refractivity (Wildman–Crippen MR) is 91.2 cm³/mol. The third-order valence-electron chi connectivity index (χ3n) is 2.81. The van der Waals surface area contributed by atoms with Gasteiger partial charge in [-0.3, -0.25) is 15.5 Å². The van der Waals surface area contributed by atoms with Crippen molar-refractivity contribution in [2.24, 2.45) is 5.10 Å². The van der Waals surface area contributed by atoms with Crippen molar-refractivity contribution in [3.8, 4) is 0 Å². The first-order valence-corrected chi connectivity index (χ1v) is 6.87. The lowest BCUT2D eigenvalue weighted by Crippen LogP contribution is -2.24. The summed E-state index contributed by atoms with van der Waals surface area (Å²) in [6, 6.07) is 14.1. The molecule has 0 aromatic heterocycles. The zero-order valence-corrected chi connectivity index (χ0v) is 12.6. The molecule has 7 heteroatoms. The van der Waals surface area contributed by atoms with Crippen LogP contribution in [0.25, 0.3) is 0 Å². The fraction of sp³-hybridized carbons (Fsp3) is 0.0667. The normalized spacial score (nSPS) is 10.4. The van der Waals surface area contributed by atoms with E-state index in [0.717, 1.165) is 5.56 Å². The number of nitrogens with one attached hydrogen (secondary N) is 2. The molecule has 0 saturated heterocycles. The van der Waals surface area contributed by atoms with Crippen LogP contribution >= 0.6 is 12.2 Å². The van der Waals surface area contributed by atoms with Crippen LogP contribution in [0.2, 0.25) is 0 Å². The monoisotopic (exact) mass is 314 g/mol. The van der Waals surface area contributed by atoms with Crippen LogP contribution in [-0.2, 0) is 0 Å². The van der Waals surface area contributed by atoms with E-state index in [1.165, 1.54) is 11.6 Å². The lowest BCUT2D eigenvalue weighted by molar-refractivity contribution is -0.383. The van der Waals surface area contributed by atoms with Gasteiger partial charge in [-0.05, 0) is 30.8 Å². The van der Waals surface area contributed by atoms with E-state index in [1.807, 2.05) is 31.2 Å². The standard InChI is InChI=1S/C15H14N4O2S/c1-11-6-8-12(9-7-11)10-16-18-15(22)17-13-4-2-3-5-14(13)19(20)21/h2-10H,1H3,(H2,17,18,22)/b16-10-. The largest absolute Gasteiger partial charge is 0.326 e. The summed E-state index contributed by atoms with van der Waals surface area (Å²) in [5.74, 6) is 0. The molecule has 22 heavy (non-hydrogen) atoms. The minimum Gasteiger partial charge on any atom is -0.326 e. The highest BCUT2D eigenvalue weighted by Crippen LogP contribution is 2.22. The summed E-state index contributed by atoms with van der Waals surface area (Å²) in [4.78, 5) is 10.4. The summed E-state index contributed by atoms with van der Waals surface area (Å²) >= 11 is 5.06. The Hall–Kier alpha value is -2.80. The van der Waals surface area contributed by atoms with E-state index < -0.39 is 4.92 Å². The minimum absolute atomic E-state index is 0.0471. The number of thiocarbonyl (C=S) groups is 1. The van der Waals surface area contributed by atoms with Gasteiger partial charge in [0.1, 0.15) is 5.69 Å². The second-order valence-corrected chi connectivity index (χ2v) is 4.92. The fourth-order valence-electron chi connectivity index (χ4n) is 1.71. The van der Waals surface area contributed by atoms with Gasteiger partial charge in [0.2, 0.25) is 0 Å². The molecule has 0 amide bonds. The summed E-state index contributed by atoms with van der Waals surface area (Å²) in [7, 11) is 0. The second kappa shape index (κ2) is 7.28. The number of nitro groups is 1. The van der Waals surface area contributed by atoms with Gasteiger partial charge in [-0.1, -0.05) is 42.0 Å². The first-order valence-electron chi connectivity index (χ1n) is 6.46. The Balaban J connectivity index is 1.96. The lowest BCUT2D eigenvalue weighted by Gasteiger charge is -2.07. The Morgan fingerprint density at radius 2 is 1.91 bits per heavy atom. The van der Waals surface area contributed by atoms with Crippen LogP contribution in [0, 0.1) is 17.0 Å². The highest BCUT2D eigenvalue weighted by Gasteiger charge is 2.12. The Kier molecular flexibility index (Phi) is 5.16. The van der Waals surface area contributed by atoms with Crippen molar-refractivity contribution in [3.63, 3.8) is 0 Å². The Bertz CT molecular complexity index is 714. The van der Waals surface area contributed by atoms with E-state index >= 15 is 0 Å². The SMILES string of the molecule is Cc1ccc(/C=N\NC(=S)Nc2ccccc2[N+](=O)[O-])cc1. The average molecular weight is 314 g/mol. The summed E-state index contributed by atoms with van der Waals surface area (Å²) in [5, 5.41) is 17.8. The minimum atomic E-state index is -0.472. The molecule has 0 unspecified atom stereocenters. The lowest BCUT2D eigenvalue weighted by atomic mass is 10.2. The number of benzene rings is 2. The fourth-order valence-corrected chi connectivity index (χ4v) is 1.87. The zero-order chi connectivity index (χ0) is 15.9. The van der Waals surface area contributed by atoms with Crippen molar-refractivity contribution in [3.05, 3.63) is 69.8 Å². The third-order valence-corrected chi connectivity index (χ3v) is 3.00. The molecule has 2 rings (SSSR count). The zero-order valence-electron chi connectivity index (χ0n) is 11.8. The highest BCUT2D eigenvalue weighted by atomic mass is 32.1. The molecule has 6 nitrogen and oxygen atoms in total. The van der Waals surface area contributed by atoms with Crippen LogP contribution in [0.5, 0.6) is 0 Å². The molecule has 0 saturated carbocycles. The molecule has 2 aromatic rings. The summed E-state index contributed by atoms with van der Waals surface area (Å²) in [5.41, 5.74) is 4.98. The highest BCUT2D eigenvalue weighted by molar-refractivity contribution is 7.80. The first kappa shape index (κ1) is 15.6. The van der Waals surface area contributed by atoms with Gasteiger partial charge >= 0.3 is 0 Å². The second-order valence-electron chi connectivity index (χ2n) is 4.51. The smallest absolute Gasteiger partial charge is 0.292 e. The van der Waals surface area contributed by atoms with Crippen LogP contribution in [0.3, 0.4) is 0 Å². The molecule has 112 valence electrons. The number of hydrogen-bond acceptors (Lipinski definition) is 4. The number of nitrogens with zero attached hydrogens (tertiary/aromatic N) is 2. The van der Waals surface area contributed by atoms with Crippen molar-refractivity contribution in [1.82, 2.24) is 5.43 Å². The Labute approximate surface area is 133 Å². The summed E-state index contributed by atoms with van der Waals surface area (Å²) < 4.78 is 0. The number of aryl methyl sites for hydroxylation is 1. The van der Waals surface area contributed by atoms with Gasteiger partial charge in [0.15, 0.2) is 5.11 Å². The van der Waals surface area contributed by atoms with Gasteiger partial charge in [0.25, 0.3) is 5.69 Å². The molecule has 0 bridgehead atoms. The van der Waals surface area contributed by atoms with E-state index in [4.69, 9.17) is 12.2 Å². The van der Waals surface area contributed by atoms with E-state index in [2.05, 4.69) is 15.8 Å². The number of anilines is 1. The van der Waals surface area contributed by atoms with Gasteiger partial charge in [0, 0.05) is 6.07 Å². The third kappa shape index (κ3) is 4.35. The number of hydrazone groups is 1. The van der Waals surface area contributed by atoms with Crippen molar-refractivity contribution in [2.75, 3.05) is 5.32 Å². The van der Waals surface area contributed by atoms with Gasteiger partial charge < -0.3 is 5.32 Å². The maximum Gasteiger partial charge on any atom is 0.292 e. The summed E-state index contributed by atoms with van der Waals surface area (Å²) in [6.07, 6.45) is 1.62. The number of rotatable bonds is 4. The van der Waals surface area contributed by atoms with Crippen LogP contribution in [0.15, 0.2) is 53.6 Å². The maximum atomic E-state index is 10.9. The molecule has 0 fully saturated rings. The molecule has 0 aliphatic carbocycles. The van der Waals surface area contributed by atoms with E-state index in [-0.39, 0.29) is 10.8 Å². The molecule has 2 N–H and O–H groups in total. The van der Waals surface area contributed by atoms with Crippen molar-refractivity contribution in [1.29, 1.82) is 0 Å². The summed E-state index contributed by atoms with van der Waals surface area (Å²) in [6.45, 7) is 2.00. The molecule has 0 aliphatic rings. The van der Waals surface area contributed by atoms with Crippen molar-refractivity contribution >= 4 is 34.9 Å². The van der Waals surface area contributed by atoms with E-state index in [0.29, 0.717) is 5.69 Å². The molecule has 2 aromatic carbocycles. The quantitative estimate of drug-likeness (QED) is 0.392. The maximum absolute atomic E-state index is 10.9. The van der Waals surface area contributed by atoms with Crippen molar-refractivity contribution in [2.45, 2.75) is 6.92 Å². The Morgan fingerprint density at radius 3 is 2.59 bits per heavy atom. The van der Waals surface area contributed by atoms with Gasteiger partial charge in [-0.25, -0.2) is 0 Å². The first-order chi connectivity index (χ1) is 10.6. The number of para-hydroxylation sites is 2. The van der Waals surface area contributed by atoms with Gasteiger partial charge in [0.05, 0.1) is 11.1 Å². The van der Waals surface area contributed by atoms with Gasteiger partial charge in [-0.15, -0.1) is 0 Å². The number of hydrogen-bond donors (Lipinski definition) is 2. The molecular formula is C15H14N4O2S. The Morgan fingerprint density at radius 1 is 1.23 bits per heavy atom. The molecule has 0 heterocycles. The van der Waals surface area contributed by atoms with Crippen LogP contribution < -0.4 is 10.7 Å². The van der Waals surface area contributed by atoms with E-state index in [9.17, 15) is 10.1 Å². The van der Waals surface area contributed by atoms with E-state index in [1.54, 1.807) is 24.4 Å². The molecule has 0 atom stereocenters. The molecule has 0 aliphatic heterocycles. The van der Waals surface area contributed by atoms with Crippen molar-refractivity contribution < 1.29 is 4.92 Å². The van der Waals surface area contributed by atoms with Crippen LogP contribution in [-0.4, -0.2) is 16.3 Å². The van der Waals surface area contributed by atoms with Gasteiger partial charge in [-0.2, -0.15) is 5.10 Å².